The molecule has 152 valence electrons. The van der Waals surface area contributed by atoms with Gasteiger partial charge in [0.25, 0.3) is 0 Å². The van der Waals surface area contributed by atoms with Crippen LogP contribution in [0.15, 0.2) is 58.3 Å². The maximum absolute atomic E-state index is 12.4. The van der Waals surface area contributed by atoms with Crippen LogP contribution in [0.1, 0.15) is 11.1 Å². The molecule has 2 aromatic carbocycles. The van der Waals surface area contributed by atoms with Crippen molar-refractivity contribution in [3.8, 4) is 0 Å². The highest BCUT2D eigenvalue weighted by molar-refractivity contribution is 8.40. The van der Waals surface area contributed by atoms with Crippen molar-refractivity contribution in [2.24, 2.45) is 0 Å². The molecular formula is C17H22N3O4S4+. The quantitative estimate of drug-likeness (QED) is 0.298. The number of sulfonamides is 2. The van der Waals surface area contributed by atoms with E-state index < -0.39 is 20.0 Å². The molecule has 2 aromatic rings. The average molecular weight is 461 g/mol. The maximum atomic E-state index is 12.4. The van der Waals surface area contributed by atoms with Crippen LogP contribution in [0.5, 0.6) is 0 Å². The van der Waals surface area contributed by atoms with E-state index in [-0.39, 0.29) is 9.79 Å². The Morgan fingerprint density at radius 2 is 1.04 bits per heavy atom. The zero-order valence-electron chi connectivity index (χ0n) is 15.8. The lowest BCUT2D eigenvalue weighted by Crippen LogP contribution is -2.24. The lowest BCUT2D eigenvalue weighted by molar-refractivity contribution is -0.458. The topological polar surface area (TPSA) is 95.4 Å². The first kappa shape index (κ1) is 22.9. The van der Waals surface area contributed by atoms with Gasteiger partial charge in [0.15, 0.2) is 0 Å². The fourth-order valence-corrected chi connectivity index (χ4v) is 6.27. The van der Waals surface area contributed by atoms with E-state index in [0.717, 1.165) is 35.0 Å². The smallest absolute Gasteiger partial charge is 0.222 e. The summed E-state index contributed by atoms with van der Waals surface area (Å²) >= 11 is 1.63. The van der Waals surface area contributed by atoms with Gasteiger partial charge in [-0.25, -0.2) is 21.4 Å². The van der Waals surface area contributed by atoms with Crippen molar-refractivity contribution < 1.29 is 21.4 Å². The first-order valence-electron chi connectivity index (χ1n) is 8.06. The van der Waals surface area contributed by atoms with Crippen LogP contribution in [0.3, 0.4) is 0 Å². The largest absolute Gasteiger partial charge is 0.301 e. The van der Waals surface area contributed by atoms with Crippen molar-refractivity contribution in [2.75, 3.05) is 14.1 Å². The molecular weight excluding hydrogens is 438 g/mol. The second-order valence-electron chi connectivity index (χ2n) is 6.16. The third-order valence-electron chi connectivity index (χ3n) is 3.51. The molecule has 11 heteroatoms. The van der Waals surface area contributed by atoms with Gasteiger partial charge in [0.05, 0.1) is 9.79 Å². The highest BCUT2D eigenvalue weighted by atomic mass is 32.3. The molecule has 0 aliphatic heterocycles. The van der Waals surface area contributed by atoms with Gasteiger partial charge in [-0.3, -0.25) is 0 Å². The Morgan fingerprint density at radius 3 is 1.32 bits per heavy atom. The molecule has 0 spiro atoms. The Labute approximate surface area is 175 Å². The van der Waals surface area contributed by atoms with Crippen molar-refractivity contribution in [3.63, 3.8) is 0 Å². The van der Waals surface area contributed by atoms with Crippen LogP contribution in [0.4, 0.5) is 0 Å². The highest BCUT2D eigenvalue weighted by Crippen LogP contribution is 2.19. The Balaban J connectivity index is 2.07. The molecule has 0 heterocycles. The first-order chi connectivity index (χ1) is 13.0. The molecule has 2 N–H and O–H groups in total. The van der Waals surface area contributed by atoms with Crippen molar-refractivity contribution in [2.45, 2.75) is 23.6 Å². The van der Waals surface area contributed by atoms with Crippen molar-refractivity contribution in [1.29, 1.82) is 0 Å². The number of hydrogen-bond donors (Lipinski definition) is 2. The Bertz CT molecular complexity index is 977. The predicted molar refractivity (Wildman–Crippen MR) is 115 cm³/mol. The molecule has 0 fully saturated rings. The third kappa shape index (κ3) is 6.33. The molecule has 2 rings (SSSR count). The van der Waals surface area contributed by atoms with Gasteiger partial charge in [0.1, 0.15) is 14.1 Å². The van der Waals surface area contributed by atoms with E-state index in [4.69, 9.17) is 0 Å². The fraction of sp³-hybridized carbons (Fsp3) is 0.235. The summed E-state index contributed by atoms with van der Waals surface area (Å²) < 4.78 is 56.5. The first-order valence-corrected chi connectivity index (χ1v) is 12.7. The molecule has 0 saturated carbocycles. The Hall–Kier alpha value is -1.37. The summed E-state index contributed by atoms with van der Waals surface area (Å²) in [4.78, 5) is 0.267. The van der Waals surface area contributed by atoms with Gasteiger partial charge in [-0.2, -0.15) is 0 Å². The molecule has 28 heavy (non-hydrogen) atoms. The second kappa shape index (κ2) is 9.42. The molecule has 0 saturated heterocycles. The normalized spacial score (nSPS) is 12.0. The summed E-state index contributed by atoms with van der Waals surface area (Å²) in [6.45, 7) is 3.74. The van der Waals surface area contributed by atoms with Gasteiger partial charge in [0.2, 0.25) is 20.0 Å². The van der Waals surface area contributed by atoms with Gasteiger partial charge >= 0.3 is 4.38 Å². The van der Waals surface area contributed by atoms with Crippen LogP contribution in [0.2, 0.25) is 0 Å². The zero-order chi connectivity index (χ0) is 20.9. The second-order valence-corrected chi connectivity index (χ2v) is 11.9. The number of rotatable bonds is 6. The van der Waals surface area contributed by atoms with Gasteiger partial charge in [-0.05, 0) is 38.1 Å². The minimum absolute atomic E-state index is 0.133. The van der Waals surface area contributed by atoms with E-state index in [2.05, 4.69) is 8.25 Å². The summed E-state index contributed by atoms with van der Waals surface area (Å²) in [5, 5.41) is 0. The molecule has 7 nitrogen and oxygen atoms in total. The summed E-state index contributed by atoms with van der Waals surface area (Å²) in [6.07, 6.45) is 0. The van der Waals surface area contributed by atoms with E-state index in [1.807, 2.05) is 13.8 Å². The van der Waals surface area contributed by atoms with E-state index in [1.54, 1.807) is 42.9 Å². The van der Waals surface area contributed by atoms with Crippen LogP contribution in [-0.4, -0.2) is 39.9 Å². The average Bonchev–Trinajstić information content (AvgIpc) is 2.62. The van der Waals surface area contributed by atoms with Gasteiger partial charge in [0, 0.05) is 23.9 Å². The number of hydrogen-bond acceptors (Lipinski definition) is 6. The molecule has 0 aliphatic rings. The number of aryl methyl sites for hydroxylation is 2. The zero-order valence-corrected chi connectivity index (χ0v) is 19.1. The minimum Gasteiger partial charge on any atom is -0.222 e. The van der Waals surface area contributed by atoms with Crippen molar-refractivity contribution >= 4 is 48.3 Å². The SMILES string of the molecule is Cc1ccc(S(=O)(=O)NSC(SNS(=O)(=O)c2ccc(C)cc2)=[N+](C)C)cc1. The molecule has 0 aliphatic carbocycles. The monoisotopic (exact) mass is 460 g/mol. The van der Waals surface area contributed by atoms with Gasteiger partial charge in [-0.1, -0.05) is 35.4 Å². The molecule has 0 radical (unpaired) electrons. The molecule has 0 unspecified atom stereocenters. The van der Waals surface area contributed by atoms with Gasteiger partial charge < -0.3 is 0 Å². The van der Waals surface area contributed by atoms with Crippen LogP contribution in [0.25, 0.3) is 0 Å². The lowest BCUT2D eigenvalue weighted by atomic mass is 10.2. The highest BCUT2D eigenvalue weighted by Gasteiger charge is 2.22. The lowest BCUT2D eigenvalue weighted by Gasteiger charge is -2.08. The fourth-order valence-electron chi connectivity index (χ4n) is 1.92. The van der Waals surface area contributed by atoms with Crippen LogP contribution < -0.4 is 8.25 Å². The van der Waals surface area contributed by atoms with Crippen LogP contribution in [0, 0.1) is 13.8 Å². The molecule has 0 amide bonds. The third-order valence-corrected chi connectivity index (χ3v) is 9.29. The summed E-state index contributed by atoms with van der Waals surface area (Å²) in [5.41, 5.74) is 1.90. The van der Waals surface area contributed by atoms with E-state index >= 15 is 0 Å². The van der Waals surface area contributed by atoms with E-state index in [1.165, 1.54) is 24.3 Å². The number of nitrogens with zero attached hydrogens (tertiary/aromatic N) is 1. The van der Waals surface area contributed by atoms with E-state index in [0.29, 0.717) is 4.38 Å². The Morgan fingerprint density at radius 1 is 0.714 bits per heavy atom. The molecule has 0 bridgehead atoms. The summed E-state index contributed by atoms with van der Waals surface area (Å²) in [6, 6.07) is 12.9. The summed E-state index contributed by atoms with van der Waals surface area (Å²) in [7, 11) is -4.10. The standard InChI is InChI=1S/C17H22N3O4S4/c1-13-5-9-15(10-6-13)27(21,22)18-25-17(20(3)4)26-19-28(23,24)16-11-7-14(2)8-12-16/h5-12,18-19H,1-4H3/q+1. The Kier molecular flexibility index (Phi) is 7.71. The van der Waals surface area contributed by atoms with Crippen molar-refractivity contribution in [1.82, 2.24) is 8.25 Å². The van der Waals surface area contributed by atoms with E-state index in [9.17, 15) is 16.8 Å². The predicted octanol–water partition coefficient (Wildman–Crippen LogP) is 2.48. The van der Waals surface area contributed by atoms with Gasteiger partial charge in [-0.15, -0.1) is 8.25 Å². The van der Waals surface area contributed by atoms with Crippen LogP contribution >= 0.6 is 23.9 Å². The van der Waals surface area contributed by atoms with Crippen molar-refractivity contribution in [3.05, 3.63) is 59.7 Å². The maximum Gasteiger partial charge on any atom is 0.301 e. The molecule has 0 atom stereocenters. The number of nitrogens with one attached hydrogen (secondary N) is 2. The minimum atomic E-state index is -3.74. The number of benzene rings is 2. The summed E-state index contributed by atoms with van der Waals surface area (Å²) in [5.74, 6) is 0. The molecule has 0 aromatic heterocycles. The van der Waals surface area contributed by atoms with Crippen LogP contribution in [-0.2, 0) is 20.0 Å².